The minimum absolute atomic E-state index is 0.0813. The molecule has 2 N–H and O–H groups in total. The van der Waals surface area contributed by atoms with Crippen LogP contribution in [0.5, 0.6) is 0 Å². The van der Waals surface area contributed by atoms with E-state index >= 15 is 0 Å². The molecule has 4 nitrogen and oxygen atoms in total. The Balaban J connectivity index is 2.46. The first-order valence-electron chi connectivity index (χ1n) is 5.93. The zero-order valence-corrected chi connectivity index (χ0v) is 12.0. The molecule has 0 fully saturated rings. The molecule has 0 aliphatic rings. The van der Waals surface area contributed by atoms with Gasteiger partial charge in [0.15, 0.2) is 0 Å². The van der Waals surface area contributed by atoms with Gasteiger partial charge in [0, 0.05) is 7.05 Å². The van der Waals surface area contributed by atoms with Crippen LogP contribution in [0.3, 0.4) is 0 Å². The highest BCUT2D eigenvalue weighted by molar-refractivity contribution is 7.92. The van der Waals surface area contributed by atoms with E-state index in [2.05, 4.69) is 0 Å². The Morgan fingerprint density at radius 1 is 1.15 bits per heavy atom. The van der Waals surface area contributed by atoms with Crippen LogP contribution in [0.4, 0.5) is 15.8 Å². The van der Waals surface area contributed by atoms with Crippen molar-refractivity contribution in [2.45, 2.75) is 11.8 Å². The molecule has 0 unspecified atom stereocenters. The summed E-state index contributed by atoms with van der Waals surface area (Å²) in [6, 6.07) is 10.5. The van der Waals surface area contributed by atoms with Crippen molar-refractivity contribution >= 4 is 21.4 Å². The van der Waals surface area contributed by atoms with E-state index in [-0.39, 0.29) is 10.6 Å². The van der Waals surface area contributed by atoms with Gasteiger partial charge < -0.3 is 5.73 Å². The topological polar surface area (TPSA) is 63.4 Å². The van der Waals surface area contributed by atoms with Gasteiger partial charge in [0.2, 0.25) is 0 Å². The van der Waals surface area contributed by atoms with Crippen molar-refractivity contribution in [1.82, 2.24) is 0 Å². The summed E-state index contributed by atoms with van der Waals surface area (Å²) in [7, 11) is -2.38. The monoisotopic (exact) mass is 294 g/mol. The van der Waals surface area contributed by atoms with E-state index in [0.29, 0.717) is 5.69 Å². The highest BCUT2D eigenvalue weighted by Crippen LogP contribution is 2.24. The van der Waals surface area contributed by atoms with Crippen molar-refractivity contribution in [2.75, 3.05) is 17.1 Å². The maximum absolute atomic E-state index is 13.4. The lowest BCUT2D eigenvalue weighted by molar-refractivity contribution is 0.590. The fourth-order valence-electron chi connectivity index (χ4n) is 1.79. The second kappa shape index (κ2) is 5.13. The third-order valence-electron chi connectivity index (χ3n) is 3.00. The molecule has 0 saturated carbocycles. The lowest BCUT2D eigenvalue weighted by Crippen LogP contribution is -2.26. The number of nitrogens with two attached hydrogens (primary N) is 1. The van der Waals surface area contributed by atoms with E-state index < -0.39 is 15.8 Å². The molecule has 2 aromatic rings. The van der Waals surface area contributed by atoms with Crippen LogP contribution in [-0.2, 0) is 10.0 Å². The third-order valence-corrected chi connectivity index (χ3v) is 4.78. The van der Waals surface area contributed by atoms with Crippen molar-refractivity contribution in [3.8, 4) is 0 Å². The summed E-state index contributed by atoms with van der Waals surface area (Å²) in [4.78, 5) is -0.131. The van der Waals surface area contributed by atoms with E-state index in [4.69, 9.17) is 5.73 Å². The fourth-order valence-corrected chi connectivity index (χ4v) is 2.99. The zero-order valence-electron chi connectivity index (χ0n) is 11.2. The number of halogens is 1. The molecule has 0 atom stereocenters. The Bertz CT molecular complexity index is 745. The highest BCUT2D eigenvalue weighted by atomic mass is 32.2. The molecule has 0 aliphatic carbocycles. The van der Waals surface area contributed by atoms with Gasteiger partial charge in [-0.3, -0.25) is 4.31 Å². The van der Waals surface area contributed by atoms with Gasteiger partial charge in [0.05, 0.1) is 16.3 Å². The number of anilines is 2. The van der Waals surface area contributed by atoms with Gasteiger partial charge in [-0.15, -0.1) is 0 Å². The molecular formula is C14H15FN2O2S. The van der Waals surface area contributed by atoms with Crippen LogP contribution in [0.2, 0.25) is 0 Å². The number of rotatable bonds is 3. The molecular weight excluding hydrogens is 279 g/mol. The van der Waals surface area contributed by atoms with E-state index in [0.717, 1.165) is 15.9 Å². The van der Waals surface area contributed by atoms with Gasteiger partial charge in [-0.05, 0) is 42.8 Å². The molecule has 2 rings (SSSR count). The zero-order chi connectivity index (χ0) is 14.9. The van der Waals surface area contributed by atoms with Crippen molar-refractivity contribution < 1.29 is 12.8 Å². The molecule has 0 heterocycles. The Morgan fingerprint density at radius 2 is 1.85 bits per heavy atom. The maximum Gasteiger partial charge on any atom is 0.264 e. The predicted octanol–water partition coefficient (Wildman–Crippen LogP) is 2.54. The molecule has 0 aromatic heterocycles. The lowest BCUT2D eigenvalue weighted by Gasteiger charge is -2.20. The number of aryl methyl sites for hydroxylation is 1. The first kappa shape index (κ1) is 14.3. The molecule has 0 bridgehead atoms. The Labute approximate surface area is 117 Å². The molecule has 0 radical (unpaired) electrons. The number of nitrogen functional groups attached to an aromatic ring is 1. The summed E-state index contributed by atoms with van der Waals surface area (Å²) in [5.41, 5.74) is 6.73. The average Bonchev–Trinajstić information content (AvgIpc) is 2.40. The van der Waals surface area contributed by atoms with Gasteiger partial charge in [-0.25, -0.2) is 12.8 Å². The fraction of sp³-hybridized carbons (Fsp3) is 0.143. The average molecular weight is 294 g/mol. The Kier molecular flexibility index (Phi) is 3.67. The van der Waals surface area contributed by atoms with Crippen LogP contribution < -0.4 is 10.0 Å². The lowest BCUT2D eigenvalue weighted by atomic mass is 10.2. The Hall–Kier alpha value is -2.08. The normalized spacial score (nSPS) is 11.3. The van der Waals surface area contributed by atoms with Gasteiger partial charge in [-0.2, -0.15) is 0 Å². The summed E-state index contributed by atoms with van der Waals surface area (Å²) in [5, 5.41) is 0. The number of sulfonamides is 1. The second-order valence-corrected chi connectivity index (χ2v) is 6.46. The molecule has 2 aromatic carbocycles. The van der Waals surface area contributed by atoms with Crippen LogP contribution in [0.25, 0.3) is 0 Å². The summed E-state index contributed by atoms with van der Waals surface area (Å²) < 4.78 is 39.4. The van der Waals surface area contributed by atoms with Gasteiger partial charge >= 0.3 is 0 Å². The summed E-state index contributed by atoms with van der Waals surface area (Å²) in [6.45, 7) is 1.87. The van der Waals surface area contributed by atoms with Crippen molar-refractivity contribution in [3.63, 3.8) is 0 Å². The third kappa shape index (κ3) is 2.60. The standard InChI is InChI=1S/C14H15FN2O2S/c1-10-4-3-5-11(8-10)17(2)20(18,19)12-6-7-14(16)13(15)9-12/h3-9H,16H2,1-2H3. The molecule has 20 heavy (non-hydrogen) atoms. The van der Waals surface area contributed by atoms with Crippen LogP contribution in [0, 0.1) is 12.7 Å². The van der Waals surface area contributed by atoms with E-state index in [1.807, 2.05) is 13.0 Å². The maximum atomic E-state index is 13.4. The Morgan fingerprint density at radius 3 is 2.45 bits per heavy atom. The summed E-state index contributed by atoms with van der Waals surface area (Å²) in [6.07, 6.45) is 0. The minimum atomic E-state index is -3.81. The van der Waals surface area contributed by atoms with E-state index in [1.165, 1.54) is 19.2 Å². The molecule has 106 valence electrons. The smallest absolute Gasteiger partial charge is 0.264 e. The summed E-state index contributed by atoms with van der Waals surface area (Å²) in [5.74, 6) is -0.747. The largest absolute Gasteiger partial charge is 0.396 e. The molecule has 0 spiro atoms. The number of nitrogens with zero attached hydrogens (tertiary/aromatic N) is 1. The van der Waals surface area contributed by atoms with Crippen LogP contribution >= 0.6 is 0 Å². The first-order chi connectivity index (χ1) is 9.32. The molecule has 6 heteroatoms. The van der Waals surface area contributed by atoms with Crippen LogP contribution in [0.15, 0.2) is 47.4 Å². The van der Waals surface area contributed by atoms with Crippen molar-refractivity contribution in [1.29, 1.82) is 0 Å². The first-order valence-corrected chi connectivity index (χ1v) is 7.37. The second-order valence-electron chi connectivity index (χ2n) is 4.49. The quantitative estimate of drug-likeness (QED) is 0.885. The van der Waals surface area contributed by atoms with Crippen molar-refractivity contribution in [3.05, 3.63) is 53.8 Å². The van der Waals surface area contributed by atoms with Crippen LogP contribution in [0.1, 0.15) is 5.56 Å². The number of benzene rings is 2. The predicted molar refractivity (Wildman–Crippen MR) is 77.6 cm³/mol. The summed E-state index contributed by atoms with van der Waals surface area (Å²) >= 11 is 0. The number of hydrogen-bond donors (Lipinski definition) is 1. The number of hydrogen-bond acceptors (Lipinski definition) is 3. The van der Waals surface area contributed by atoms with E-state index in [9.17, 15) is 12.8 Å². The SMILES string of the molecule is Cc1cccc(N(C)S(=O)(=O)c2ccc(N)c(F)c2)c1. The molecule has 0 saturated heterocycles. The minimum Gasteiger partial charge on any atom is -0.396 e. The molecule has 0 amide bonds. The van der Waals surface area contributed by atoms with Crippen molar-refractivity contribution in [2.24, 2.45) is 0 Å². The van der Waals surface area contributed by atoms with Gasteiger partial charge in [0.1, 0.15) is 5.82 Å². The molecule has 0 aliphatic heterocycles. The van der Waals surface area contributed by atoms with Gasteiger partial charge in [0.25, 0.3) is 10.0 Å². The van der Waals surface area contributed by atoms with Crippen LogP contribution in [-0.4, -0.2) is 15.5 Å². The highest BCUT2D eigenvalue weighted by Gasteiger charge is 2.22. The van der Waals surface area contributed by atoms with Gasteiger partial charge in [-0.1, -0.05) is 12.1 Å². The van der Waals surface area contributed by atoms with E-state index in [1.54, 1.807) is 18.2 Å².